The third-order valence-electron chi connectivity index (χ3n) is 4.37. The summed E-state index contributed by atoms with van der Waals surface area (Å²) in [4.78, 5) is 23.0. The molecular formula is C24H45F3N2O11. The first-order chi connectivity index (χ1) is 19.1. The van der Waals surface area contributed by atoms with Crippen LogP contribution in [0.15, 0.2) is 0 Å². The van der Waals surface area contributed by atoms with Gasteiger partial charge in [-0.05, 0) is 27.2 Å². The summed E-state index contributed by atoms with van der Waals surface area (Å²) < 4.78 is 80.3. The lowest BCUT2D eigenvalue weighted by Gasteiger charge is -2.14. The quantitative estimate of drug-likeness (QED) is 0.143. The van der Waals surface area contributed by atoms with Crippen molar-refractivity contribution in [2.75, 3.05) is 99.1 Å². The Morgan fingerprint density at radius 2 is 0.900 bits per heavy atom. The average molecular weight is 595 g/mol. The Morgan fingerprint density at radius 1 is 0.550 bits per heavy atom. The second-order valence-electron chi connectivity index (χ2n) is 8.37. The third kappa shape index (κ3) is 30.6. The van der Waals surface area contributed by atoms with Gasteiger partial charge in [0.2, 0.25) is 0 Å². The highest BCUT2D eigenvalue weighted by molar-refractivity contribution is 5.67. The molecule has 0 aromatic heterocycles. The zero-order valence-electron chi connectivity index (χ0n) is 23.6. The van der Waals surface area contributed by atoms with Crippen LogP contribution in [-0.2, 0) is 42.6 Å². The molecule has 0 heterocycles. The number of alkyl carbamates (subject to hydrolysis) is 2. The normalized spacial score (nSPS) is 12.4. The molecule has 16 heteroatoms. The van der Waals surface area contributed by atoms with Crippen molar-refractivity contribution >= 4 is 12.2 Å². The number of rotatable bonds is 26. The topological polar surface area (TPSA) is 141 Å². The summed E-state index contributed by atoms with van der Waals surface area (Å²) >= 11 is 0. The maximum Gasteiger partial charge on any atom is 0.522 e. The number of halogens is 3. The Bertz CT molecular complexity index is 617. The van der Waals surface area contributed by atoms with Crippen molar-refractivity contribution < 1.29 is 65.4 Å². The first kappa shape index (κ1) is 38.0. The summed E-state index contributed by atoms with van der Waals surface area (Å²) in [6.45, 7) is 8.36. The lowest BCUT2D eigenvalue weighted by molar-refractivity contribution is -0.327. The van der Waals surface area contributed by atoms with Crippen molar-refractivity contribution in [2.24, 2.45) is 0 Å². The Hall–Kier alpha value is -1.95. The number of nitrogens with one attached hydrogen (secondary N) is 2. The second kappa shape index (κ2) is 26.0. The third-order valence-corrected chi connectivity index (χ3v) is 4.37. The lowest BCUT2D eigenvalue weighted by atomic mass is 10.2. The SMILES string of the molecule is CC(C)NC(=O)OCCOCCOCCOCCC(C)NC(=O)OCCOCCOCCOCCOC(F)(F)F. The van der Waals surface area contributed by atoms with Crippen LogP contribution in [0.1, 0.15) is 27.2 Å². The molecule has 40 heavy (non-hydrogen) atoms. The van der Waals surface area contributed by atoms with Crippen LogP contribution < -0.4 is 10.6 Å². The molecule has 0 rings (SSSR count). The van der Waals surface area contributed by atoms with Crippen LogP contribution in [0.5, 0.6) is 0 Å². The van der Waals surface area contributed by atoms with Gasteiger partial charge in [-0.2, -0.15) is 0 Å². The van der Waals surface area contributed by atoms with Crippen molar-refractivity contribution in [3.63, 3.8) is 0 Å². The predicted octanol–water partition coefficient (Wildman–Crippen LogP) is 2.26. The molecule has 2 N–H and O–H groups in total. The van der Waals surface area contributed by atoms with E-state index in [0.29, 0.717) is 39.5 Å². The zero-order valence-corrected chi connectivity index (χ0v) is 23.6. The van der Waals surface area contributed by atoms with E-state index in [1.54, 1.807) is 0 Å². The first-order valence-corrected chi connectivity index (χ1v) is 13.1. The van der Waals surface area contributed by atoms with Crippen molar-refractivity contribution in [3.8, 4) is 0 Å². The summed E-state index contributed by atoms with van der Waals surface area (Å²) in [7, 11) is 0. The summed E-state index contributed by atoms with van der Waals surface area (Å²) in [6, 6.07) is -0.129. The highest BCUT2D eigenvalue weighted by Crippen LogP contribution is 2.15. The van der Waals surface area contributed by atoms with Crippen molar-refractivity contribution in [2.45, 2.75) is 45.6 Å². The highest BCUT2D eigenvalue weighted by Gasteiger charge is 2.28. The minimum atomic E-state index is -4.66. The minimum Gasteiger partial charge on any atom is -0.447 e. The van der Waals surface area contributed by atoms with E-state index in [0.717, 1.165) is 0 Å². The van der Waals surface area contributed by atoms with Crippen molar-refractivity contribution in [3.05, 3.63) is 0 Å². The van der Waals surface area contributed by atoms with E-state index >= 15 is 0 Å². The predicted molar refractivity (Wildman–Crippen MR) is 135 cm³/mol. The monoisotopic (exact) mass is 594 g/mol. The number of carbonyl (C=O) groups excluding carboxylic acids is 2. The van der Waals surface area contributed by atoms with E-state index < -0.39 is 25.2 Å². The van der Waals surface area contributed by atoms with Crippen LogP contribution in [0.4, 0.5) is 22.8 Å². The fraction of sp³-hybridized carbons (Fsp3) is 0.917. The maximum atomic E-state index is 11.8. The number of ether oxygens (including phenoxy) is 9. The van der Waals surface area contributed by atoms with Gasteiger partial charge in [-0.25, -0.2) is 9.59 Å². The molecule has 1 unspecified atom stereocenters. The summed E-state index contributed by atoms with van der Waals surface area (Å²) in [5.74, 6) is 0. The summed E-state index contributed by atoms with van der Waals surface area (Å²) in [5.41, 5.74) is 0. The van der Waals surface area contributed by atoms with Gasteiger partial charge in [0, 0.05) is 18.7 Å². The van der Waals surface area contributed by atoms with E-state index in [-0.39, 0.29) is 71.5 Å². The molecule has 0 aliphatic carbocycles. The molecule has 2 amide bonds. The molecule has 0 aliphatic rings. The van der Waals surface area contributed by atoms with E-state index in [9.17, 15) is 22.8 Å². The van der Waals surface area contributed by atoms with Gasteiger partial charge in [-0.1, -0.05) is 0 Å². The number of alkyl halides is 3. The van der Waals surface area contributed by atoms with Crippen molar-refractivity contribution in [1.29, 1.82) is 0 Å². The molecular weight excluding hydrogens is 549 g/mol. The van der Waals surface area contributed by atoms with Gasteiger partial charge in [-0.3, -0.25) is 4.74 Å². The van der Waals surface area contributed by atoms with Crippen LogP contribution in [0, 0.1) is 0 Å². The maximum absolute atomic E-state index is 11.8. The van der Waals surface area contributed by atoms with Crippen LogP contribution in [0.3, 0.4) is 0 Å². The van der Waals surface area contributed by atoms with E-state index in [4.69, 9.17) is 37.9 Å². The summed E-state index contributed by atoms with van der Waals surface area (Å²) in [6.07, 6.45) is -5.09. The second-order valence-corrected chi connectivity index (χ2v) is 8.37. The number of hydrogen-bond acceptors (Lipinski definition) is 11. The van der Waals surface area contributed by atoms with Gasteiger partial charge in [0.25, 0.3) is 0 Å². The Morgan fingerprint density at radius 3 is 1.30 bits per heavy atom. The van der Waals surface area contributed by atoms with Crippen LogP contribution >= 0.6 is 0 Å². The lowest BCUT2D eigenvalue weighted by Crippen LogP contribution is -2.34. The van der Waals surface area contributed by atoms with E-state index in [1.165, 1.54) is 0 Å². The first-order valence-electron chi connectivity index (χ1n) is 13.1. The molecule has 238 valence electrons. The Labute approximate surface area is 233 Å². The molecule has 0 saturated carbocycles. The number of amides is 2. The Balaban J connectivity index is 3.35. The molecule has 0 fully saturated rings. The van der Waals surface area contributed by atoms with Gasteiger partial charge in [0.05, 0.1) is 79.3 Å². The van der Waals surface area contributed by atoms with Crippen LogP contribution in [0.2, 0.25) is 0 Å². The van der Waals surface area contributed by atoms with Crippen LogP contribution in [0.25, 0.3) is 0 Å². The Kier molecular flexibility index (Phi) is 24.7. The molecule has 13 nitrogen and oxygen atoms in total. The number of carbonyl (C=O) groups is 2. The number of hydrogen-bond donors (Lipinski definition) is 2. The van der Waals surface area contributed by atoms with Gasteiger partial charge in [0.1, 0.15) is 13.2 Å². The fourth-order valence-corrected chi connectivity index (χ4v) is 2.54. The molecule has 0 aromatic carbocycles. The highest BCUT2D eigenvalue weighted by atomic mass is 19.4. The molecule has 1 atom stereocenters. The largest absolute Gasteiger partial charge is 0.522 e. The zero-order chi connectivity index (χ0) is 29.9. The van der Waals surface area contributed by atoms with Gasteiger partial charge in [0.15, 0.2) is 0 Å². The molecule has 0 radical (unpaired) electrons. The smallest absolute Gasteiger partial charge is 0.447 e. The van der Waals surface area contributed by atoms with E-state index in [1.807, 2.05) is 20.8 Å². The standard InChI is InChI=1S/C24H45F3N2O11/c1-20(2)28-22(30)38-17-14-35-11-8-33-7-6-32-5-4-21(3)29-23(31)39-18-15-36-12-9-34-10-13-37-16-19-40-24(25,26)27/h20-21H,4-19H2,1-3H3,(H,28,30)(H,29,31). The molecule has 0 aliphatic heterocycles. The summed E-state index contributed by atoms with van der Waals surface area (Å²) in [5, 5.41) is 5.30. The van der Waals surface area contributed by atoms with Gasteiger partial charge >= 0.3 is 18.5 Å². The van der Waals surface area contributed by atoms with Gasteiger partial charge in [-0.15, -0.1) is 13.2 Å². The average Bonchev–Trinajstić information content (AvgIpc) is 2.86. The van der Waals surface area contributed by atoms with Crippen LogP contribution in [-0.4, -0.2) is 130 Å². The van der Waals surface area contributed by atoms with Crippen molar-refractivity contribution in [1.82, 2.24) is 10.6 Å². The van der Waals surface area contributed by atoms with E-state index in [2.05, 4.69) is 15.4 Å². The van der Waals surface area contributed by atoms with Gasteiger partial charge < -0.3 is 48.5 Å². The fourth-order valence-electron chi connectivity index (χ4n) is 2.54. The minimum absolute atomic E-state index is 0.0203. The molecule has 0 saturated heterocycles. The molecule has 0 spiro atoms. The molecule has 0 aromatic rings. The molecule has 0 bridgehead atoms.